The van der Waals surface area contributed by atoms with Gasteiger partial charge < -0.3 is 14.5 Å². The summed E-state index contributed by atoms with van der Waals surface area (Å²) in [6, 6.07) is 19.0. The van der Waals surface area contributed by atoms with Crippen LogP contribution in [0.3, 0.4) is 0 Å². The van der Waals surface area contributed by atoms with Gasteiger partial charge in [0.25, 0.3) is 11.8 Å². The van der Waals surface area contributed by atoms with Crippen LogP contribution in [0.5, 0.6) is 5.75 Å². The van der Waals surface area contributed by atoms with Crippen LogP contribution in [0.25, 0.3) is 22.9 Å². The fourth-order valence-electron chi connectivity index (χ4n) is 2.72. The molecule has 0 atom stereocenters. The number of hydrogen-bond acceptors (Lipinski definition) is 5. The van der Waals surface area contributed by atoms with E-state index in [0.29, 0.717) is 23.3 Å². The molecule has 0 radical (unpaired) electrons. The minimum atomic E-state index is -0.872. The number of rotatable bonds is 6. The maximum Gasteiger partial charge on any atom is 0.262 e. The zero-order valence-corrected chi connectivity index (χ0v) is 15.5. The SMILES string of the molecule is O=C(COc1ccccc1-c1nnc(-c2ccccc2)o1)Nc1ccc(F)cc1F. The van der Waals surface area contributed by atoms with Crippen LogP contribution in [0.2, 0.25) is 0 Å². The monoisotopic (exact) mass is 407 g/mol. The van der Waals surface area contributed by atoms with Crippen LogP contribution in [-0.4, -0.2) is 22.7 Å². The first-order chi connectivity index (χ1) is 14.6. The van der Waals surface area contributed by atoms with Gasteiger partial charge in [0, 0.05) is 11.6 Å². The molecule has 0 saturated carbocycles. The summed E-state index contributed by atoms with van der Waals surface area (Å²) in [6.45, 7) is -0.395. The van der Waals surface area contributed by atoms with E-state index < -0.39 is 24.1 Å². The van der Waals surface area contributed by atoms with E-state index in [1.54, 1.807) is 24.3 Å². The predicted octanol–water partition coefficient (Wildman–Crippen LogP) is 4.70. The van der Waals surface area contributed by atoms with Crippen molar-refractivity contribution < 1.29 is 22.7 Å². The molecular weight excluding hydrogens is 392 g/mol. The maximum atomic E-state index is 13.7. The molecule has 8 heteroatoms. The molecule has 0 unspecified atom stereocenters. The van der Waals surface area contributed by atoms with E-state index in [4.69, 9.17) is 9.15 Å². The summed E-state index contributed by atoms with van der Waals surface area (Å²) >= 11 is 0. The normalized spacial score (nSPS) is 10.6. The number of amides is 1. The second-order valence-corrected chi connectivity index (χ2v) is 6.24. The Morgan fingerprint density at radius 2 is 1.67 bits per heavy atom. The summed E-state index contributed by atoms with van der Waals surface area (Å²) in [5, 5.41) is 10.4. The molecular formula is C22H15F2N3O3. The van der Waals surface area contributed by atoms with Gasteiger partial charge in [0.1, 0.15) is 17.4 Å². The smallest absolute Gasteiger partial charge is 0.262 e. The van der Waals surface area contributed by atoms with Gasteiger partial charge in [-0.05, 0) is 36.4 Å². The van der Waals surface area contributed by atoms with Gasteiger partial charge in [-0.25, -0.2) is 8.78 Å². The van der Waals surface area contributed by atoms with Crippen molar-refractivity contribution in [2.75, 3.05) is 11.9 Å². The molecule has 0 bridgehead atoms. The van der Waals surface area contributed by atoms with E-state index in [1.807, 2.05) is 30.3 Å². The molecule has 4 aromatic rings. The molecule has 4 rings (SSSR count). The fourth-order valence-corrected chi connectivity index (χ4v) is 2.72. The number of para-hydroxylation sites is 1. The van der Waals surface area contributed by atoms with Crippen molar-refractivity contribution in [1.82, 2.24) is 10.2 Å². The highest BCUT2D eigenvalue weighted by molar-refractivity contribution is 5.92. The molecule has 0 aliphatic rings. The number of carbonyl (C=O) groups excluding carboxylic acids is 1. The van der Waals surface area contributed by atoms with Gasteiger partial charge in [-0.2, -0.15) is 0 Å². The fraction of sp³-hybridized carbons (Fsp3) is 0.0455. The van der Waals surface area contributed by atoms with Crippen LogP contribution in [0, 0.1) is 11.6 Å². The zero-order valence-electron chi connectivity index (χ0n) is 15.5. The summed E-state index contributed by atoms with van der Waals surface area (Å²) in [5.41, 5.74) is 1.14. The number of halogens is 2. The molecule has 1 N–H and O–H groups in total. The lowest BCUT2D eigenvalue weighted by atomic mass is 10.2. The number of nitrogens with zero attached hydrogens (tertiary/aromatic N) is 2. The summed E-state index contributed by atoms with van der Waals surface area (Å²) in [4.78, 5) is 12.1. The number of ether oxygens (including phenoxy) is 1. The molecule has 0 aliphatic heterocycles. The van der Waals surface area contributed by atoms with Gasteiger partial charge >= 0.3 is 0 Å². The first-order valence-corrected chi connectivity index (χ1v) is 8.96. The molecule has 1 heterocycles. The van der Waals surface area contributed by atoms with Crippen LogP contribution in [0.15, 0.2) is 77.2 Å². The highest BCUT2D eigenvalue weighted by atomic mass is 19.1. The van der Waals surface area contributed by atoms with Crippen LogP contribution >= 0.6 is 0 Å². The van der Waals surface area contributed by atoms with E-state index in [0.717, 1.165) is 17.7 Å². The Hall–Kier alpha value is -4.07. The molecule has 30 heavy (non-hydrogen) atoms. The van der Waals surface area contributed by atoms with Gasteiger partial charge in [-0.3, -0.25) is 4.79 Å². The van der Waals surface area contributed by atoms with E-state index in [-0.39, 0.29) is 11.6 Å². The lowest BCUT2D eigenvalue weighted by molar-refractivity contribution is -0.118. The highest BCUT2D eigenvalue weighted by Gasteiger charge is 2.16. The summed E-state index contributed by atoms with van der Waals surface area (Å²) in [6.07, 6.45) is 0. The Bertz CT molecular complexity index is 1180. The summed E-state index contributed by atoms with van der Waals surface area (Å²) in [7, 11) is 0. The lowest BCUT2D eigenvalue weighted by Crippen LogP contribution is -2.21. The first-order valence-electron chi connectivity index (χ1n) is 8.96. The van der Waals surface area contributed by atoms with Crippen LogP contribution in [0.4, 0.5) is 14.5 Å². The quantitative estimate of drug-likeness (QED) is 0.501. The maximum absolute atomic E-state index is 13.7. The van der Waals surface area contributed by atoms with Crippen molar-refractivity contribution in [3.05, 3.63) is 84.4 Å². The molecule has 0 fully saturated rings. The van der Waals surface area contributed by atoms with Crippen LogP contribution < -0.4 is 10.1 Å². The number of aromatic nitrogens is 2. The van der Waals surface area contributed by atoms with E-state index in [2.05, 4.69) is 15.5 Å². The van der Waals surface area contributed by atoms with Crippen molar-refractivity contribution in [2.45, 2.75) is 0 Å². The molecule has 1 aromatic heterocycles. The highest BCUT2D eigenvalue weighted by Crippen LogP contribution is 2.31. The summed E-state index contributed by atoms with van der Waals surface area (Å²) in [5.74, 6) is -1.28. The van der Waals surface area contributed by atoms with Crippen LogP contribution in [-0.2, 0) is 4.79 Å². The number of anilines is 1. The van der Waals surface area contributed by atoms with Gasteiger partial charge in [-0.1, -0.05) is 30.3 Å². The van der Waals surface area contributed by atoms with Crippen LogP contribution in [0.1, 0.15) is 0 Å². The number of nitrogens with one attached hydrogen (secondary N) is 1. The number of carbonyl (C=O) groups is 1. The predicted molar refractivity (Wildman–Crippen MR) is 106 cm³/mol. The Kier molecular flexibility index (Phi) is 5.47. The third-order valence-electron chi connectivity index (χ3n) is 4.13. The van der Waals surface area contributed by atoms with Gasteiger partial charge in [-0.15, -0.1) is 10.2 Å². The molecule has 6 nitrogen and oxygen atoms in total. The Morgan fingerprint density at radius 3 is 2.47 bits per heavy atom. The van der Waals surface area contributed by atoms with Gasteiger partial charge in [0.05, 0.1) is 11.3 Å². The molecule has 3 aromatic carbocycles. The Labute approximate surface area is 170 Å². The first kappa shape index (κ1) is 19.3. The van der Waals surface area contributed by atoms with Gasteiger partial charge in [0.15, 0.2) is 6.61 Å². The van der Waals surface area contributed by atoms with E-state index in [1.165, 1.54) is 0 Å². The van der Waals surface area contributed by atoms with Crippen molar-refractivity contribution in [1.29, 1.82) is 0 Å². The molecule has 1 amide bonds. The molecule has 0 spiro atoms. The van der Waals surface area contributed by atoms with E-state index in [9.17, 15) is 13.6 Å². The third-order valence-corrected chi connectivity index (χ3v) is 4.13. The van der Waals surface area contributed by atoms with Crippen molar-refractivity contribution in [2.24, 2.45) is 0 Å². The number of benzene rings is 3. The molecule has 0 aliphatic carbocycles. The Morgan fingerprint density at radius 1 is 0.933 bits per heavy atom. The lowest BCUT2D eigenvalue weighted by Gasteiger charge is -2.10. The zero-order chi connectivity index (χ0) is 20.9. The van der Waals surface area contributed by atoms with Crippen molar-refractivity contribution >= 4 is 11.6 Å². The molecule has 150 valence electrons. The second-order valence-electron chi connectivity index (χ2n) is 6.24. The second kappa shape index (κ2) is 8.52. The number of hydrogen-bond donors (Lipinski definition) is 1. The topological polar surface area (TPSA) is 77.2 Å². The standard InChI is InChI=1S/C22H15F2N3O3/c23-15-10-11-18(17(24)12-15)25-20(28)13-29-19-9-5-4-8-16(19)22-27-26-21(30-22)14-6-2-1-3-7-14/h1-12H,13H2,(H,25,28). The average Bonchev–Trinajstić information content (AvgIpc) is 3.25. The third kappa shape index (κ3) is 4.33. The van der Waals surface area contributed by atoms with E-state index >= 15 is 0 Å². The Balaban J connectivity index is 1.47. The summed E-state index contributed by atoms with van der Waals surface area (Å²) < 4.78 is 38.0. The van der Waals surface area contributed by atoms with Gasteiger partial charge in [0.2, 0.25) is 5.89 Å². The van der Waals surface area contributed by atoms with Crippen molar-refractivity contribution in [3.63, 3.8) is 0 Å². The average molecular weight is 407 g/mol. The molecule has 0 saturated heterocycles. The minimum absolute atomic E-state index is 0.136. The largest absolute Gasteiger partial charge is 0.483 e. The van der Waals surface area contributed by atoms with Crippen molar-refractivity contribution in [3.8, 4) is 28.7 Å². The minimum Gasteiger partial charge on any atom is -0.483 e.